The van der Waals surface area contributed by atoms with Crippen molar-refractivity contribution in [1.29, 1.82) is 0 Å². The third kappa shape index (κ3) is 2.31. The summed E-state index contributed by atoms with van der Waals surface area (Å²) in [5.74, 6) is 0. The minimum absolute atomic E-state index is 0.271. The fourth-order valence-corrected chi connectivity index (χ4v) is 2.60. The van der Waals surface area contributed by atoms with Gasteiger partial charge in [-0.3, -0.25) is 9.48 Å². The van der Waals surface area contributed by atoms with E-state index in [9.17, 15) is 4.79 Å². The average molecular weight is 248 g/mol. The third-order valence-electron chi connectivity index (χ3n) is 2.66. The maximum Gasteiger partial charge on any atom is 0.153 e. The van der Waals surface area contributed by atoms with E-state index in [1.54, 1.807) is 11.3 Å². The van der Waals surface area contributed by atoms with Crippen molar-refractivity contribution in [2.75, 3.05) is 0 Å². The van der Waals surface area contributed by atoms with Gasteiger partial charge >= 0.3 is 0 Å². The largest absolute Gasteiger partial charge is 0.298 e. The lowest BCUT2D eigenvalue weighted by atomic mass is 10.2. The summed E-state index contributed by atoms with van der Waals surface area (Å²) in [5.41, 5.74) is 1.47. The smallest absolute Gasteiger partial charge is 0.153 e. The highest BCUT2D eigenvalue weighted by Gasteiger charge is 2.13. The first-order valence-corrected chi connectivity index (χ1v) is 6.60. The van der Waals surface area contributed by atoms with Crippen LogP contribution in [-0.2, 0) is 6.42 Å². The van der Waals surface area contributed by atoms with Crippen LogP contribution < -0.4 is 0 Å². The number of aldehydes is 1. The molecule has 4 heteroatoms. The molecular formula is C13H16N2OS. The molecule has 2 aromatic rings. The van der Waals surface area contributed by atoms with Crippen LogP contribution in [0.2, 0.25) is 0 Å². The number of hydrogen-bond acceptors (Lipinski definition) is 3. The van der Waals surface area contributed by atoms with Gasteiger partial charge in [-0.15, -0.1) is 11.3 Å². The standard InChI is InChI=1S/C13H16N2OS/c1-4-11-5-6-12(17-11)13-10(8-16)7-15(14-13)9(2)3/h5-9H,4H2,1-3H3. The molecule has 0 amide bonds. The molecular weight excluding hydrogens is 232 g/mol. The Hall–Kier alpha value is -1.42. The van der Waals surface area contributed by atoms with Crippen molar-refractivity contribution < 1.29 is 4.79 Å². The van der Waals surface area contributed by atoms with Crippen molar-refractivity contribution in [3.05, 3.63) is 28.8 Å². The first-order valence-electron chi connectivity index (χ1n) is 5.79. The van der Waals surface area contributed by atoms with Gasteiger partial charge in [0, 0.05) is 17.1 Å². The fraction of sp³-hybridized carbons (Fsp3) is 0.385. The summed E-state index contributed by atoms with van der Waals surface area (Å²) in [4.78, 5) is 13.5. The second kappa shape index (κ2) is 4.84. The van der Waals surface area contributed by atoms with Gasteiger partial charge in [0.15, 0.2) is 6.29 Å². The van der Waals surface area contributed by atoms with Crippen molar-refractivity contribution in [2.45, 2.75) is 33.2 Å². The molecule has 0 N–H and O–H groups in total. The van der Waals surface area contributed by atoms with Crippen molar-refractivity contribution in [3.8, 4) is 10.6 Å². The molecule has 0 bridgehead atoms. The molecule has 0 aliphatic heterocycles. The van der Waals surface area contributed by atoms with E-state index in [0.29, 0.717) is 5.56 Å². The van der Waals surface area contributed by atoms with E-state index in [-0.39, 0.29) is 6.04 Å². The van der Waals surface area contributed by atoms with Crippen LogP contribution in [-0.4, -0.2) is 16.1 Å². The highest BCUT2D eigenvalue weighted by Crippen LogP contribution is 2.29. The first kappa shape index (κ1) is 12.0. The monoisotopic (exact) mass is 248 g/mol. The van der Waals surface area contributed by atoms with Crippen LogP contribution in [0.5, 0.6) is 0 Å². The van der Waals surface area contributed by atoms with Gasteiger partial charge < -0.3 is 0 Å². The number of aryl methyl sites for hydroxylation is 1. The lowest BCUT2D eigenvalue weighted by Crippen LogP contribution is -2.00. The molecule has 0 aromatic carbocycles. The second-order valence-corrected chi connectivity index (χ2v) is 5.41. The van der Waals surface area contributed by atoms with Crippen LogP contribution in [0.1, 0.15) is 42.0 Å². The Morgan fingerprint density at radius 2 is 2.24 bits per heavy atom. The Balaban J connectivity index is 2.46. The molecule has 2 rings (SSSR count). The van der Waals surface area contributed by atoms with Crippen molar-refractivity contribution in [1.82, 2.24) is 9.78 Å². The maximum atomic E-state index is 11.1. The molecule has 0 saturated carbocycles. The summed E-state index contributed by atoms with van der Waals surface area (Å²) >= 11 is 1.71. The summed E-state index contributed by atoms with van der Waals surface area (Å²) in [6.07, 6.45) is 3.72. The van der Waals surface area contributed by atoms with E-state index < -0.39 is 0 Å². The van der Waals surface area contributed by atoms with Crippen LogP contribution in [0.4, 0.5) is 0 Å². The number of carbonyl (C=O) groups is 1. The van der Waals surface area contributed by atoms with E-state index in [1.807, 2.05) is 16.9 Å². The molecule has 0 radical (unpaired) electrons. The number of thiophene rings is 1. The molecule has 90 valence electrons. The second-order valence-electron chi connectivity index (χ2n) is 4.24. The normalized spacial score (nSPS) is 11.1. The molecule has 0 atom stereocenters. The van der Waals surface area contributed by atoms with Gasteiger partial charge in [-0.25, -0.2) is 0 Å². The number of aromatic nitrogens is 2. The van der Waals surface area contributed by atoms with Crippen LogP contribution >= 0.6 is 11.3 Å². The molecule has 0 aliphatic rings. The number of carbonyl (C=O) groups excluding carboxylic acids is 1. The van der Waals surface area contributed by atoms with E-state index >= 15 is 0 Å². The molecule has 17 heavy (non-hydrogen) atoms. The number of nitrogens with zero attached hydrogens (tertiary/aromatic N) is 2. The quantitative estimate of drug-likeness (QED) is 0.775. The molecule has 3 nitrogen and oxygen atoms in total. The first-order chi connectivity index (χ1) is 8.15. The Kier molecular flexibility index (Phi) is 3.43. The van der Waals surface area contributed by atoms with Gasteiger partial charge in [-0.1, -0.05) is 6.92 Å². The fourth-order valence-electron chi connectivity index (χ4n) is 1.64. The molecule has 0 fully saturated rings. The van der Waals surface area contributed by atoms with Crippen LogP contribution in [0, 0.1) is 0 Å². The predicted molar refractivity (Wildman–Crippen MR) is 70.7 cm³/mol. The zero-order valence-electron chi connectivity index (χ0n) is 10.3. The number of hydrogen-bond donors (Lipinski definition) is 0. The Bertz CT molecular complexity index is 525. The molecule has 2 aromatic heterocycles. The third-order valence-corrected chi connectivity index (χ3v) is 3.90. The minimum Gasteiger partial charge on any atom is -0.298 e. The molecule has 0 aliphatic carbocycles. The topological polar surface area (TPSA) is 34.9 Å². The summed E-state index contributed by atoms with van der Waals surface area (Å²) in [6.45, 7) is 6.23. The zero-order valence-corrected chi connectivity index (χ0v) is 11.1. The van der Waals surface area contributed by atoms with Crippen molar-refractivity contribution in [3.63, 3.8) is 0 Å². The SMILES string of the molecule is CCc1ccc(-c2nn(C(C)C)cc2C=O)s1. The van der Waals surface area contributed by atoms with Crippen LogP contribution in [0.3, 0.4) is 0 Å². The Labute approximate surface area is 105 Å². The van der Waals surface area contributed by atoms with Gasteiger partial charge in [-0.05, 0) is 32.4 Å². The molecule has 0 saturated heterocycles. The van der Waals surface area contributed by atoms with Crippen LogP contribution in [0.15, 0.2) is 18.3 Å². The van der Waals surface area contributed by atoms with E-state index in [4.69, 9.17) is 0 Å². The zero-order chi connectivity index (χ0) is 12.4. The van der Waals surface area contributed by atoms with Gasteiger partial charge in [-0.2, -0.15) is 5.10 Å². The maximum absolute atomic E-state index is 11.1. The average Bonchev–Trinajstić information content (AvgIpc) is 2.94. The molecule has 0 unspecified atom stereocenters. The highest BCUT2D eigenvalue weighted by molar-refractivity contribution is 7.15. The lowest BCUT2D eigenvalue weighted by Gasteiger charge is -2.02. The summed E-state index contributed by atoms with van der Waals surface area (Å²) in [6, 6.07) is 4.42. The predicted octanol–water partition coefficient (Wildman–Crippen LogP) is 3.57. The Morgan fingerprint density at radius 3 is 2.76 bits per heavy atom. The minimum atomic E-state index is 0.271. The van der Waals surface area contributed by atoms with E-state index in [1.165, 1.54) is 4.88 Å². The highest BCUT2D eigenvalue weighted by atomic mass is 32.1. The molecule has 0 spiro atoms. The van der Waals surface area contributed by atoms with Crippen molar-refractivity contribution in [2.24, 2.45) is 0 Å². The van der Waals surface area contributed by atoms with Crippen molar-refractivity contribution >= 4 is 17.6 Å². The summed E-state index contributed by atoms with van der Waals surface area (Å²) in [5, 5.41) is 4.49. The Morgan fingerprint density at radius 1 is 1.47 bits per heavy atom. The summed E-state index contributed by atoms with van der Waals surface area (Å²) in [7, 11) is 0. The van der Waals surface area contributed by atoms with Gasteiger partial charge in [0.25, 0.3) is 0 Å². The molecule has 2 heterocycles. The lowest BCUT2D eigenvalue weighted by molar-refractivity contribution is 0.112. The van der Waals surface area contributed by atoms with Gasteiger partial charge in [0.05, 0.1) is 10.4 Å². The summed E-state index contributed by atoms with van der Waals surface area (Å²) < 4.78 is 1.84. The van der Waals surface area contributed by atoms with Gasteiger partial charge in [0.2, 0.25) is 0 Å². The van der Waals surface area contributed by atoms with Gasteiger partial charge in [0.1, 0.15) is 5.69 Å². The van der Waals surface area contributed by atoms with E-state index in [0.717, 1.165) is 23.3 Å². The van der Waals surface area contributed by atoms with E-state index in [2.05, 4.69) is 31.9 Å². The van der Waals surface area contributed by atoms with Crippen LogP contribution in [0.25, 0.3) is 10.6 Å². The number of rotatable bonds is 4.